The van der Waals surface area contributed by atoms with Crippen LogP contribution in [0.15, 0.2) is 52.1 Å². The summed E-state index contributed by atoms with van der Waals surface area (Å²) in [6.45, 7) is 6.33. The van der Waals surface area contributed by atoms with Crippen molar-refractivity contribution in [1.29, 1.82) is 0 Å². The Balaban J connectivity index is 1.80. The predicted molar refractivity (Wildman–Crippen MR) is 109 cm³/mol. The lowest BCUT2D eigenvalue weighted by atomic mass is 10.1. The molecular weight excluding hydrogens is 340 g/mol. The minimum absolute atomic E-state index is 0.121. The van der Waals surface area contributed by atoms with Gasteiger partial charge in [0, 0.05) is 25.7 Å². The van der Waals surface area contributed by atoms with Crippen molar-refractivity contribution in [3.05, 3.63) is 59.5 Å². The highest BCUT2D eigenvalue weighted by Crippen LogP contribution is 2.07. The Labute approximate surface area is 161 Å². The van der Waals surface area contributed by atoms with Gasteiger partial charge in [-0.1, -0.05) is 26.0 Å². The van der Waals surface area contributed by atoms with Crippen molar-refractivity contribution in [2.45, 2.75) is 39.8 Å². The van der Waals surface area contributed by atoms with E-state index in [0.29, 0.717) is 24.6 Å². The monoisotopic (exact) mass is 370 g/mol. The van der Waals surface area contributed by atoms with Gasteiger partial charge >= 0.3 is 0 Å². The summed E-state index contributed by atoms with van der Waals surface area (Å²) in [5.41, 5.74) is 1.64. The van der Waals surface area contributed by atoms with Crippen molar-refractivity contribution in [1.82, 2.24) is 16.0 Å². The van der Waals surface area contributed by atoms with Gasteiger partial charge in [-0.2, -0.15) is 0 Å². The third-order valence-corrected chi connectivity index (χ3v) is 4.13. The fourth-order valence-corrected chi connectivity index (χ4v) is 2.63. The zero-order chi connectivity index (χ0) is 19.5. The van der Waals surface area contributed by atoms with Crippen LogP contribution in [0.4, 0.5) is 0 Å². The van der Waals surface area contributed by atoms with E-state index in [4.69, 9.17) is 4.42 Å². The number of benzene rings is 1. The number of carbonyl (C=O) groups is 1. The van der Waals surface area contributed by atoms with E-state index in [1.165, 1.54) is 6.42 Å². The lowest BCUT2D eigenvalue weighted by Gasteiger charge is -2.13. The molecule has 0 atom stereocenters. The van der Waals surface area contributed by atoms with Gasteiger partial charge in [-0.15, -0.1) is 0 Å². The van der Waals surface area contributed by atoms with Crippen molar-refractivity contribution >= 4 is 11.9 Å². The highest BCUT2D eigenvalue weighted by Gasteiger charge is 2.07. The van der Waals surface area contributed by atoms with Crippen LogP contribution in [-0.4, -0.2) is 25.5 Å². The normalized spacial score (nSPS) is 11.5. The fraction of sp³-hybridized carbons (Fsp3) is 0.429. The number of rotatable bonds is 9. The van der Waals surface area contributed by atoms with Crippen LogP contribution in [0.1, 0.15) is 48.4 Å². The van der Waals surface area contributed by atoms with E-state index in [9.17, 15) is 4.79 Å². The molecule has 146 valence electrons. The first-order valence-corrected chi connectivity index (χ1v) is 9.42. The molecule has 2 rings (SSSR count). The molecule has 0 radical (unpaired) electrons. The molecule has 6 nitrogen and oxygen atoms in total. The van der Waals surface area contributed by atoms with Gasteiger partial charge in [0.1, 0.15) is 5.76 Å². The molecule has 1 aromatic heterocycles. The Morgan fingerprint density at radius 2 is 1.96 bits per heavy atom. The molecule has 1 aromatic carbocycles. The number of aliphatic imine (C=N–C) groups is 1. The number of nitrogens with one attached hydrogen (secondary N) is 3. The second-order valence-corrected chi connectivity index (χ2v) is 6.85. The topological polar surface area (TPSA) is 78.7 Å². The van der Waals surface area contributed by atoms with E-state index < -0.39 is 0 Å². The molecule has 0 spiro atoms. The maximum absolute atomic E-state index is 12.3. The van der Waals surface area contributed by atoms with Gasteiger partial charge in [0.15, 0.2) is 5.96 Å². The largest absolute Gasteiger partial charge is 0.467 e. The molecule has 0 unspecified atom stereocenters. The van der Waals surface area contributed by atoms with E-state index in [1.54, 1.807) is 25.4 Å². The van der Waals surface area contributed by atoms with Gasteiger partial charge < -0.3 is 20.4 Å². The second-order valence-electron chi connectivity index (χ2n) is 6.85. The molecule has 1 heterocycles. The third-order valence-electron chi connectivity index (χ3n) is 4.13. The summed E-state index contributed by atoms with van der Waals surface area (Å²) < 4.78 is 5.23. The van der Waals surface area contributed by atoms with Crippen LogP contribution in [0.3, 0.4) is 0 Å². The van der Waals surface area contributed by atoms with E-state index in [0.717, 1.165) is 30.2 Å². The van der Waals surface area contributed by atoms with Crippen molar-refractivity contribution in [2.75, 3.05) is 13.6 Å². The molecule has 2 aromatic rings. The zero-order valence-corrected chi connectivity index (χ0v) is 16.4. The standard InChI is InChI=1S/C21H30N4O2/c1-16(2)7-5-11-23-21(22-3)25-14-17-8-4-9-18(13-17)20(26)24-15-19-10-6-12-27-19/h4,6,8-10,12-13,16H,5,7,11,14-15H2,1-3H3,(H,24,26)(H2,22,23,25). The number of hydrogen-bond donors (Lipinski definition) is 3. The zero-order valence-electron chi connectivity index (χ0n) is 16.4. The van der Waals surface area contributed by atoms with Crippen molar-refractivity contribution in [3.8, 4) is 0 Å². The third kappa shape index (κ3) is 7.56. The smallest absolute Gasteiger partial charge is 0.251 e. The Hall–Kier alpha value is -2.76. The first-order chi connectivity index (χ1) is 13.1. The van der Waals surface area contributed by atoms with Crippen LogP contribution in [0, 0.1) is 5.92 Å². The number of hydrogen-bond acceptors (Lipinski definition) is 3. The van der Waals surface area contributed by atoms with E-state index in [2.05, 4.69) is 34.8 Å². The number of amides is 1. The molecule has 0 saturated carbocycles. The number of nitrogens with zero attached hydrogens (tertiary/aromatic N) is 1. The molecule has 3 N–H and O–H groups in total. The quantitative estimate of drug-likeness (QED) is 0.359. The lowest BCUT2D eigenvalue weighted by molar-refractivity contribution is 0.0948. The molecule has 0 bridgehead atoms. The second kappa shape index (κ2) is 11.1. The van der Waals surface area contributed by atoms with E-state index in [-0.39, 0.29) is 5.91 Å². The van der Waals surface area contributed by atoms with Gasteiger partial charge in [0.25, 0.3) is 5.91 Å². The Bertz CT molecular complexity index is 724. The number of furan rings is 1. The molecule has 0 aliphatic rings. The highest BCUT2D eigenvalue weighted by molar-refractivity contribution is 5.94. The molecular formula is C21H30N4O2. The average molecular weight is 370 g/mol. The first kappa shape index (κ1) is 20.6. The van der Waals surface area contributed by atoms with Crippen LogP contribution in [0.25, 0.3) is 0 Å². The number of guanidine groups is 1. The summed E-state index contributed by atoms with van der Waals surface area (Å²) >= 11 is 0. The van der Waals surface area contributed by atoms with Gasteiger partial charge in [0.05, 0.1) is 12.8 Å². The maximum atomic E-state index is 12.3. The van der Waals surface area contributed by atoms with Crippen molar-refractivity contribution in [2.24, 2.45) is 10.9 Å². The fourth-order valence-electron chi connectivity index (χ4n) is 2.63. The highest BCUT2D eigenvalue weighted by atomic mass is 16.3. The molecule has 27 heavy (non-hydrogen) atoms. The summed E-state index contributed by atoms with van der Waals surface area (Å²) in [5.74, 6) is 2.09. The molecule has 1 amide bonds. The van der Waals surface area contributed by atoms with Crippen LogP contribution < -0.4 is 16.0 Å². The minimum Gasteiger partial charge on any atom is -0.467 e. The van der Waals surface area contributed by atoms with E-state index >= 15 is 0 Å². The molecule has 0 aliphatic heterocycles. The average Bonchev–Trinajstić information content (AvgIpc) is 3.19. The summed E-state index contributed by atoms with van der Waals surface area (Å²) in [6.07, 6.45) is 3.90. The lowest BCUT2D eigenvalue weighted by Crippen LogP contribution is -2.37. The van der Waals surface area contributed by atoms with E-state index in [1.807, 2.05) is 24.3 Å². The number of carbonyl (C=O) groups excluding carboxylic acids is 1. The molecule has 0 fully saturated rings. The van der Waals surface area contributed by atoms with Crippen LogP contribution >= 0.6 is 0 Å². The summed E-state index contributed by atoms with van der Waals surface area (Å²) in [6, 6.07) is 11.2. The van der Waals surface area contributed by atoms with Gasteiger partial charge in [-0.25, -0.2) is 0 Å². The van der Waals surface area contributed by atoms with Crippen LogP contribution in [-0.2, 0) is 13.1 Å². The summed E-state index contributed by atoms with van der Waals surface area (Å²) in [5, 5.41) is 9.46. The molecule has 6 heteroatoms. The Morgan fingerprint density at radius 3 is 2.67 bits per heavy atom. The van der Waals surface area contributed by atoms with Gasteiger partial charge in [-0.3, -0.25) is 9.79 Å². The van der Waals surface area contributed by atoms with Crippen LogP contribution in [0.5, 0.6) is 0 Å². The summed E-state index contributed by atoms with van der Waals surface area (Å²) in [7, 11) is 1.76. The Kier molecular flexibility index (Phi) is 8.42. The molecule has 0 saturated heterocycles. The van der Waals surface area contributed by atoms with Crippen LogP contribution in [0.2, 0.25) is 0 Å². The van der Waals surface area contributed by atoms with Gasteiger partial charge in [-0.05, 0) is 48.6 Å². The predicted octanol–water partition coefficient (Wildman–Crippen LogP) is 3.31. The first-order valence-electron chi connectivity index (χ1n) is 9.42. The maximum Gasteiger partial charge on any atom is 0.251 e. The van der Waals surface area contributed by atoms with Crippen molar-refractivity contribution in [3.63, 3.8) is 0 Å². The summed E-state index contributed by atoms with van der Waals surface area (Å²) in [4.78, 5) is 16.5. The van der Waals surface area contributed by atoms with Crippen molar-refractivity contribution < 1.29 is 9.21 Å². The Morgan fingerprint density at radius 1 is 1.11 bits per heavy atom. The van der Waals surface area contributed by atoms with Gasteiger partial charge in [0.2, 0.25) is 0 Å². The minimum atomic E-state index is -0.121. The SMILES string of the molecule is CN=C(NCCCC(C)C)NCc1cccc(C(=O)NCc2ccco2)c1. The molecule has 0 aliphatic carbocycles.